The van der Waals surface area contributed by atoms with Crippen LogP contribution in [0.25, 0.3) is 0 Å². The molecule has 2 aromatic rings. The molecule has 0 saturated heterocycles. The van der Waals surface area contributed by atoms with Gasteiger partial charge in [-0.25, -0.2) is 0 Å². The number of halogens is 3. The van der Waals surface area contributed by atoms with Crippen molar-refractivity contribution in [2.45, 2.75) is 6.42 Å². The topological polar surface area (TPSA) is 17.1 Å². The predicted octanol–water partition coefficient (Wildman–Crippen LogP) is 5.18. The third-order valence-corrected chi connectivity index (χ3v) is 4.23. The van der Waals surface area contributed by atoms with Crippen LogP contribution in [0.4, 0.5) is 0 Å². The van der Waals surface area contributed by atoms with Crippen LogP contribution in [0.1, 0.15) is 15.9 Å². The van der Waals surface area contributed by atoms with Crippen molar-refractivity contribution in [2.24, 2.45) is 0 Å². The van der Waals surface area contributed by atoms with Gasteiger partial charge in [-0.2, -0.15) is 0 Å². The lowest BCUT2D eigenvalue weighted by molar-refractivity contribution is 0.0993. The van der Waals surface area contributed by atoms with Gasteiger partial charge in [-0.3, -0.25) is 4.79 Å². The Morgan fingerprint density at radius 1 is 1.06 bits per heavy atom. The molecule has 18 heavy (non-hydrogen) atoms. The van der Waals surface area contributed by atoms with Crippen LogP contribution in [0.2, 0.25) is 10.0 Å². The molecule has 92 valence electrons. The van der Waals surface area contributed by atoms with Crippen LogP contribution in [0.15, 0.2) is 46.9 Å². The number of carbonyl (C=O) groups is 1. The fourth-order valence-electron chi connectivity index (χ4n) is 1.63. The average molecular weight is 344 g/mol. The van der Waals surface area contributed by atoms with E-state index in [9.17, 15) is 4.79 Å². The summed E-state index contributed by atoms with van der Waals surface area (Å²) < 4.78 is 0.717. The third-order valence-electron chi connectivity index (χ3n) is 2.56. The Bertz CT molecular complexity index is 596. The summed E-state index contributed by atoms with van der Waals surface area (Å²) in [5.41, 5.74) is 1.31. The van der Waals surface area contributed by atoms with E-state index in [4.69, 9.17) is 23.2 Å². The molecule has 2 aromatic carbocycles. The van der Waals surface area contributed by atoms with Crippen LogP contribution in [0, 0.1) is 0 Å². The lowest BCUT2D eigenvalue weighted by atomic mass is 10.0. The van der Waals surface area contributed by atoms with Gasteiger partial charge < -0.3 is 0 Å². The molecule has 0 spiro atoms. The number of rotatable bonds is 3. The van der Waals surface area contributed by atoms with Crippen LogP contribution >= 0.6 is 39.1 Å². The summed E-state index contributed by atoms with van der Waals surface area (Å²) in [6, 6.07) is 12.6. The van der Waals surface area contributed by atoms with Crippen molar-refractivity contribution >= 4 is 44.9 Å². The van der Waals surface area contributed by atoms with Crippen molar-refractivity contribution in [2.75, 3.05) is 0 Å². The molecular weight excluding hydrogens is 335 g/mol. The van der Waals surface area contributed by atoms with Gasteiger partial charge in [0.25, 0.3) is 0 Å². The predicted molar refractivity (Wildman–Crippen MR) is 78.6 cm³/mol. The first-order chi connectivity index (χ1) is 8.59. The normalized spacial score (nSPS) is 10.4. The number of hydrogen-bond donors (Lipinski definition) is 0. The van der Waals surface area contributed by atoms with Gasteiger partial charge >= 0.3 is 0 Å². The monoisotopic (exact) mass is 342 g/mol. The second kappa shape index (κ2) is 5.87. The van der Waals surface area contributed by atoms with E-state index in [1.54, 1.807) is 24.3 Å². The minimum Gasteiger partial charge on any atom is -0.294 e. The molecule has 0 saturated carbocycles. The van der Waals surface area contributed by atoms with Crippen LogP contribution in [-0.4, -0.2) is 5.78 Å². The second-order valence-electron chi connectivity index (χ2n) is 3.79. The fourth-order valence-corrected chi connectivity index (χ4v) is 2.43. The number of carbonyl (C=O) groups excluding carboxylic acids is 1. The van der Waals surface area contributed by atoms with Crippen molar-refractivity contribution in [3.05, 3.63) is 68.1 Å². The van der Waals surface area contributed by atoms with Crippen LogP contribution in [0.5, 0.6) is 0 Å². The third kappa shape index (κ3) is 2.94. The number of hydrogen-bond acceptors (Lipinski definition) is 1. The molecule has 0 aliphatic heterocycles. The molecule has 0 N–H and O–H groups in total. The molecule has 4 heteroatoms. The Hall–Kier alpha value is -0.830. The van der Waals surface area contributed by atoms with Gasteiger partial charge in [-0.15, -0.1) is 0 Å². The summed E-state index contributed by atoms with van der Waals surface area (Å²) in [5.74, 6) is -0.0469. The smallest absolute Gasteiger partial charge is 0.168 e. The quantitative estimate of drug-likeness (QED) is 0.701. The minimum atomic E-state index is -0.0469. The lowest BCUT2D eigenvalue weighted by Crippen LogP contribution is -2.05. The Morgan fingerprint density at radius 2 is 1.78 bits per heavy atom. The number of ketones is 1. The Labute approximate surface area is 124 Å². The zero-order valence-corrected chi connectivity index (χ0v) is 12.4. The van der Waals surface area contributed by atoms with Crippen molar-refractivity contribution in [3.63, 3.8) is 0 Å². The molecule has 0 fully saturated rings. The molecule has 0 aromatic heterocycles. The zero-order valence-electron chi connectivity index (χ0n) is 9.29. The highest BCUT2D eigenvalue weighted by atomic mass is 79.9. The van der Waals surface area contributed by atoms with Gasteiger partial charge in [0.15, 0.2) is 5.78 Å². The summed E-state index contributed by atoms with van der Waals surface area (Å²) in [4.78, 5) is 12.2. The zero-order chi connectivity index (χ0) is 13.1. The summed E-state index contributed by atoms with van der Waals surface area (Å²) in [6.45, 7) is 0. The molecular formula is C14H9BrCl2O. The first-order valence-corrected chi connectivity index (χ1v) is 6.85. The second-order valence-corrected chi connectivity index (χ2v) is 5.43. The standard InChI is InChI=1S/C14H9BrCl2O/c15-11-6-3-5-10(14(11)17)13(18)8-9-4-1-2-7-12(9)16/h1-7H,8H2. The average Bonchev–Trinajstić information content (AvgIpc) is 2.35. The van der Waals surface area contributed by atoms with Crippen LogP contribution in [0.3, 0.4) is 0 Å². The number of Topliss-reactive ketones (excluding diaryl/α,β-unsaturated/α-hetero) is 1. The molecule has 1 nitrogen and oxygen atoms in total. The van der Waals surface area contributed by atoms with Gasteiger partial charge in [0.2, 0.25) is 0 Å². The van der Waals surface area contributed by atoms with Crippen molar-refractivity contribution in [3.8, 4) is 0 Å². The van der Waals surface area contributed by atoms with Crippen LogP contribution < -0.4 is 0 Å². The van der Waals surface area contributed by atoms with E-state index in [2.05, 4.69) is 15.9 Å². The molecule has 0 aliphatic rings. The minimum absolute atomic E-state index is 0.0469. The van der Waals surface area contributed by atoms with Crippen molar-refractivity contribution in [1.82, 2.24) is 0 Å². The highest BCUT2D eigenvalue weighted by Gasteiger charge is 2.14. The van der Waals surface area contributed by atoms with Gasteiger partial charge in [0.1, 0.15) is 0 Å². The van der Waals surface area contributed by atoms with Crippen molar-refractivity contribution < 1.29 is 4.79 Å². The first-order valence-electron chi connectivity index (χ1n) is 5.30. The molecule has 0 heterocycles. The summed E-state index contributed by atoms with van der Waals surface area (Å²) in [6.07, 6.45) is 0.246. The van der Waals surface area contributed by atoms with Gasteiger partial charge in [0, 0.05) is 21.5 Å². The largest absolute Gasteiger partial charge is 0.294 e. The Kier molecular flexibility index (Phi) is 4.44. The summed E-state index contributed by atoms with van der Waals surface area (Å²) in [7, 11) is 0. The molecule has 0 unspecified atom stereocenters. The van der Waals surface area contributed by atoms with Crippen LogP contribution in [-0.2, 0) is 6.42 Å². The first kappa shape index (κ1) is 13.6. The molecule has 2 rings (SSSR count). The summed E-state index contributed by atoms with van der Waals surface area (Å²) in [5, 5.41) is 1.03. The number of benzene rings is 2. The molecule has 0 aliphatic carbocycles. The van der Waals surface area contributed by atoms with Gasteiger partial charge in [0.05, 0.1) is 5.02 Å². The highest BCUT2D eigenvalue weighted by Crippen LogP contribution is 2.27. The van der Waals surface area contributed by atoms with Crippen molar-refractivity contribution in [1.29, 1.82) is 0 Å². The Balaban J connectivity index is 2.28. The van der Waals surface area contributed by atoms with E-state index in [1.807, 2.05) is 18.2 Å². The highest BCUT2D eigenvalue weighted by molar-refractivity contribution is 9.10. The molecule has 0 bridgehead atoms. The maximum atomic E-state index is 12.2. The van der Waals surface area contributed by atoms with E-state index in [0.717, 1.165) is 5.56 Å². The lowest BCUT2D eigenvalue weighted by Gasteiger charge is -2.06. The van der Waals surface area contributed by atoms with Gasteiger partial charge in [-0.1, -0.05) is 47.5 Å². The maximum absolute atomic E-state index is 12.2. The van der Waals surface area contributed by atoms with E-state index in [1.165, 1.54) is 0 Å². The van der Waals surface area contributed by atoms with E-state index in [-0.39, 0.29) is 12.2 Å². The fraction of sp³-hybridized carbons (Fsp3) is 0.0714. The summed E-state index contributed by atoms with van der Waals surface area (Å²) >= 11 is 15.4. The van der Waals surface area contributed by atoms with E-state index >= 15 is 0 Å². The molecule has 0 radical (unpaired) electrons. The molecule has 0 atom stereocenters. The maximum Gasteiger partial charge on any atom is 0.168 e. The van der Waals surface area contributed by atoms with Gasteiger partial charge in [-0.05, 0) is 39.7 Å². The molecule has 0 amide bonds. The Morgan fingerprint density at radius 3 is 2.50 bits per heavy atom. The SMILES string of the molecule is O=C(Cc1ccccc1Cl)c1cccc(Br)c1Cl. The van der Waals surface area contributed by atoms with E-state index in [0.29, 0.717) is 20.1 Å². The van der Waals surface area contributed by atoms with E-state index < -0.39 is 0 Å².